The fraction of sp³-hybridized carbons (Fsp3) is 0.267. The maximum atomic E-state index is 12.0. The molecule has 2 aromatic heterocycles. The van der Waals surface area contributed by atoms with Gasteiger partial charge in [0.05, 0.1) is 5.02 Å². The summed E-state index contributed by atoms with van der Waals surface area (Å²) in [5, 5.41) is 6.28. The number of carbonyl (C=O) groups excluding carboxylic acids is 1. The number of anilines is 2. The van der Waals surface area contributed by atoms with Crippen LogP contribution < -0.4 is 15.5 Å². The summed E-state index contributed by atoms with van der Waals surface area (Å²) in [6.07, 6.45) is 4.20. The van der Waals surface area contributed by atoms with E-state index in [2.05, 4.69) is 25.5 Å². The molecule has 0 aromatic carbocycles. The van der Waals surface area contributed by atoms with Gasteiger partial charge in [0.2, 0.25) is 0 Å². The number of nitrogens with zero attached hydrogens (tertiary/aromatic N) is 3. The predicted octanol–water partition coefficient (Wildman–Crippen LogP) is 2.53. The summed E-state index contributed by atoms with van der Waals surface area (Å²) in [7, 11) is 0. The number of amides is 2. The summed E-state index contributed by atoms with van der Waals surface area (Å²) in [5.74, 6) is 1.29. The van der Waals surface area contributed by atoms with Gasteiger partial charge in [0.15, 0.2) is 0 Å². The number of nitrogens with one attached hydrogen (secondary N) is 2. The van der Waals surface area contributed by atoms with E-state index in [1.807, 2.05) is 12.1 Å². The molecule has 114 valence electrons. The Morgan fingerprint density at radius 2 is 2.09 bits per heavy atom. The molecule has 0 aliphatic carbocycles. The largest absolute Gasteiger partial charge is 0.353 e. The Morgan fingerprint density at radius 3 is 2.86 bits per heavy atom. The van der Waals surface area contributed by atoms with E-state index in [9.17, 15) is 4.79 Å². The highest BCUT2D eigenvalue weighted by Gasteiger charge is 2.26. The van der Waals surface area contributed by atoms with Gasteiger partial charge >= 0.3 is 6.03 Å². The van der Waals surface area contributed by atoms with Crippen molar-refractivity contribution in [2.24, 2.45) is 0 Å². The standard InChI is InChI=1S/C15H16ClN5O/c16-12-4-3-8-18-14(12)21-9-6-11(10-21)19-15(22)20-13-5-1-2-7-17-13/h1-5,7-8,11H,6,9-10H2,(H2,17,19,20,22). The normalized spacial score (nSPS) is 17.3. The van der Waals surface area contributed by atoms with Gasteiger partial charge < -0.3 is 10.2 Å². The number of halogens is 1. The monoisotopic (exact) mass is 317 g/mol. The summed E-state index contributed by atoms with van der Waals surface area (Å²) in [5.41, 5.74) is 0. The van der Waals surface area contributed by atoms with E-state index < -0.39 is 0 Å². The van der Waals surface area contributed by atoms with Crippen LogP contribution in [0.15, 0.2) is 42.7 Å². The van der Waals surface area contributed by atoms with E-state index in [0.29, 0.717) is 17.4 Å². The highest BCUT2D eigenvalue weighted by molar-refractivity contribution is 6.32. The number of pyridine rings is 2. The number of rotatable bonds is 3. The van der Waals surface area contributed by atoms with Crippen molar-refractivity contribution in [1.82, 2.24) is 15.3 Å². The average Bonchev–Trinajstić information content (AvgIpc) is 2.97. The summed E-state index contributed by atoms with van der Waals surface area (Å²) in [4.78, 5) is 22.4. The maximum Gasteiger partial charge on any atom is 0.320 e. The minimum absolute atomic E-state index is 0.0572. The Kier molecular flexibility index (Phi) is 4.39. The molecule has 0 bridgehead atoms. The number of urea groups is 1. The van der Waals surface area contributed by atoms with E-state index in [-0.39, 0.29) is 12.1 Å². The fourth-order valence-electron chi connectivity index (χ4n) is 2.46. The topological polar surface area (TPSA) is 70.2 Å². The van der Waals surface area contributed by atoms with Crippen molar-refractivity contribution in [3.05, 3.63) is 47.7 Å². The number of carbonyl (C=O) groups is 1. The van der Waals surface area contributed by atoms with Crippen molar-refractivity contribution >= 4 is 29.3 Å². The molecule has 0 spiro atoms. The van der Waals surface area contributed by atoms with Crippen LogP contribution in [0.5, 0.6) is 0 Å². The Bertz CT molecular complexity index is 651. The van der Waals surface area contributed by atoms with Crippen molar-refractivity contribution in [2.75, 3.05) is 23.3 Å². The van der Waals surface area contributed by atoms with Crippen LogP contribution in [-0.2, 0) is 0 Å². The van der Waals surface area contributed by atoms with Crippen molar-refractivity contribution in [3.8, 4) is 0 Å². The van der Waals surface area contributed by atoms with Gasteiger partial charge in [-0.25, -0.2) is 14.8 Å². The van der Waals surface area contributed by atoms with Gasteiger partial charge in [0, 0.05) is 31.5 Å². The van der Waals surface area contributed by atoms with Gasteiger partial charge in [-0.15, -0.1) is 0 Å². The second kappa shape index (κ2) is 6.62. The van der Waals surface area contributed by atoms with Crippen molar-refractivity contribution in [3.63, 3.8) is 0 Å². The van der Waals surface area contributed by atoms with E-state index >= 15 is 0 Å². The van der Waals surface area contributed by atoms with Crippen LogP contribution in [0.25, 0.3) is 0 Å². The molecular formula is C15H16ClN5O. The lowest BCUT2D eigenvalue weighted by Gasteiger charge is -2.19. The predicted molar refractivity (Wildman–Crippen MR) is 86.3 cm³/mol. The van der Waals surface area contributed by atoms with Crippen molar-refractivity contribution < 1.29 is 4.79 Å². The zero-order valence-corrected chi connectivity index (χ0v) is 12.6. The fourth-order valence-corrected chi connectivity index (χ4v) is 2.70. The Hall–Kier alpha value is -2.34. The van der Waals surface area contributed by atoms with E-state index in [0.717, 1.165) is 18.8 Å². The molecule has 6 nitrogen and oxygen atoms in total. The molecule has 1 atom stereocenters. The SMILES string of the molecule is O=C(Nc1ccccn1)NC1CCN(c2ncccc2Cl)C1. The third-order valence-electron chi connectivity index (χ3n) is 3.47. The molecule has 2 aromatic rings. The minimum Gasteiger partial charge on any atom is -0.353 e. The van der Waals surface area contributed by atoms with Gasteiger partial charge in [-0.05, 0) is 30.7 Å². The lowest BCUT2D eigenvalue weighted by Crippen LogP contribution is -2.40. The summed E-state index contributed by atoms with van der Waals surface area (Å²) >= 11 is 6.15. The summed E-state index contributed by atoms with van der Waals surface area (Å²) in [6, 6.07) is 8.79. The second-order valence-corrected chi connectivity index (χ2v) is 5.46. The third-order valence-corrected chi connectivity index (χ3v) is 3.76. The molecule has 0 radical (unpaired) electrons. The number of hydrogen-bond donors (Lipinski definition) is 2. The first-order valence-corrected chi connectivity index (χ1v) is 7.44. The van der Waals surface area contributed by atoms with E-state index in [1.54, 1.807) is 30.6 Å². The van der Waals surface area contributed by atoms with Crippen LogP contribution >= 0.6 is 11.6 Å². The molecule has 3 heterocycles. The Morgan fingerprint density at radius 1 is 1.23 bits per heavy atom. The van der Waals surface area contributed by atoms with Gasteiger partial charge in [0.1, 0.15) is 11.6 Å². The molecule has 3 rings (SSSR count). The van der Waals surface area contributed by atoms with Gasteiger partial charge in [-0.3, -0.25) is 5.32 Å². The first-order chi connectivity index (χ1) is 10.7. The highest BCUT2D eigenvalue weighted by Crippen LogP contribution is 2.25. The van der Waals surface area contributed by atoms with Crippen molar-refractivity contribution in [2.45, 2.75) is 12.5 Å². The molecule has 1 aliphatic rings. The van der Waals surface area contributed by atoms with Crippen LogP contribution in [0.4, 0.5) is 16.4 Å². The van der Waals surface area contributed by atoms with Crippen LogP contribution in [0.3, 0.4) is 0 Å². The Balaban J connectivity index is 1.55. The molecule has 0 saturated carbocycles. The average molecular weight is 318 g/mol. The molecule has 1 fully saturated rings. The lowest BCUT2D eigenvalue weighted by atomic mass is 10.3. The molecule has 2 N–H and O–H groups in total. The minimum atomic E-state index is -0.252. The molecule has 1 saturated heterocycles. The van der Waals surface area contributed by atoms with Crippen molar-refractivity contribution in [1.29, 1.82) is 0 Å². The van der Waals surface area contributed by atoms with Crippen LogP contribution in [-0.4, -0.2) is 35.1 Å². The maximum absolute atomic E-state index is 12.0. The Labute approximate surface area is 133 Å². The second-order valence-electron chi connectivity index (χ2n) is 5.05. The quantitative estimate of drug-likeness (QED) is 0.912. The van der Waals surface area contributed by atoms with Crippen LogP contribution in [0.1, 0.15) is 6.42 Å². The zero-order valence-electron chi connectivity index (χ0n) is 11.9. The highest BCUT2D eigenvalue weighted by atomic mass is 35.5. The summed E-state index contributed by atoms with van der Waals surface area (Å²) in [6.45, 7) is 1.50. The number of hydrogen-bond acceptors (Lipinski definition) is 4. The van der Waals surface area contributed by atoms with Crippen LogP contribution in [0.2, 0.25) is 5.02 Å². The number of aromatic nitrogens is 2. The summed E-state index contributed by atoms with van der Waals surface area (Å²) < 4.78 is 0. The van der Waals surface area contributed by atoms with Crippen LogP contribution in [0, 0.1) is 0 Å². The molecular weight excluding hydrogens is 302 g/mol. The lowest BCUT2D eigenvalue weighted by molar-refractivity contribution is 0.249. The van der Waals surface area contributed by atoms with Gasteiger partial charge in [0.25, 0.3) is 0 Å². The molecule has 22 heavy (non-hydrogen) atoms. The smallest absolute Gasteiger partial charge is 0.320 e. The van der Waals surface area contributed by atoms with E-state index in [1.165, 1.54) is 0 Å². The first kappa shape index (κ1) is 14.6. The zero-order chi connectivity index (χ0) is 15.4. The third kappa shape index (κ3) is 3.46. The van der Waals surface area contributed by atoms with Gasteiger partial charge in [-0.1, -0.05) is 17.7 Å². The van der Waals surface area contributed by atoms with Gasteiger partial charge in [-0.2, -0.15) is 0 Å². The van der Waals surface area contributed by atoms with E-state index in [4.69, 9.17) is 11.6 Å². The molecule has 7 heteroatoms. The first-order valence-electron chi connectivity index (χ1n) is 7.06. The molecule has 1 unspecified atom stereocenters. The molecule has 1 aliphatic heterocycles. The molecule has 2 amide bonds.